The number of rotatable bonds is 5. The third kappa shape index (κ3) is 4.44. The van der Waals surface area contributed by atoms with Crippen LogP contribution in [0.1, 0.15) is 24.1 Å². The summed E-state index contributed by atoms with van der Waals surface area (Å²) in [6.45, 7) is 2.41. The number of amides is 2. The summed E-state index contributed by atoms with van der Waals surface area (Å²) in [5.74, 6) is 0. The van der Waals surface area contributed by atoms with Crippen molar-refractivity contribution in [3.05, 3.63) is 72.3 Å². The molecular formula is C19H21N5O. The molecule has 0 saturated heterocycles. The number of urea groups is 1. The normalized spacial score (nSPS) is 11.8. The lowest BCUT2D eigenvalue weighted by Crippen LogP contribution is -2.36. The van der Waals surface area contributed by atoms with E-state index in [1.54, 1.807) is 17.1 Å². The second kappa shape index (κ2) is 7.61. The first-order valence-corrected chi connectivity index (χ1v) is 8.14. The van der Waals surface area contributed by atoms with Crippen LogP contribution < -0.4 is 10.6 Å². The number of aryl methyl sites for hydroxylation is 1. The number of aromatic nitrogens is 3. The van der Waals surface area contributed by atoms with Crippen LogP contribution in [0.4, 0.5) is 4.79 Å². The van der Waals surface area contributed by atoms with Crippen molar-refractivity contribution in [1.29, 1.82) is 0 Å². The summed E-state index contributed by atoms with van der Waals surface area (Å²) in [6, 6.07) is 11.8. The van der Waals surface area contributed by atoms with Crippen LogP contribution in [0.25, 0.3) is 11.1 Å². The maximum Gasteiger partial charge on any atom is 0.315 e. The quantitative estimate of drug-likeness (QED) is 0.753. The summed E-state index contributed by atoms with van der Waals surface area (Å²) in [5.41, 5.74) is 4.18. The number of hydrogen-bond acceptors (Lipinski definition) is 3. The Bertz CT molecular complexity index is 827. The summed E-state index contributed by atoms with van der Waals surface area (Å²) in [7, 11) is 1.85. The number of nitrogens with one attached hydrogen (secondary N) is 2. The van der Waals surface area contributed by atoms with E-state index in [2.05, 4.69) is 20.7 Å². The van der Waals surface area contributed by atoms with Gasteiger partial charge in [0.2, 0.25) is 0 Å². The number of hydrogen-bond donors (Lipinski definition) is 2. The van der Waals surface area contributed by atoms with Crippen molar-refractivity contribution < 1.29 is 4.79 Å². The maximum atomic E-state index is 12.0. The Morgan fingerprint density at radius 2 is 1.96 bits per heavy atom. The van der Waals surface area contributed by atoms with E-state index in [-0.39, 0.29) is 12.1 Å². The summed E-state index contributed by atoms with van der Waals surface area (Å²) in [6.07, 6.45) is 7.21. The van der Waals surface area contributed by atoms with E-state index in [0.29, 0.717) is 6.54 Å². The summed E-state index contributed by atoms with van der Waals surface area (Å²) in [5, 5.41) is 9.86. The molecule has 0 aliphatic rings. The van der Waals surface area contributed by atoms with Gasteiger partial charge >= 0.3 is 6.03 Å². The van der Waals surface area contributed by atoms with E-state index < -0.39 is 0 Å². The molecule has 2 amide bonds. The van der Waals surface area contributed by atoms with Crippen LogP contribution >= 0.6 is 0 Å². The van der Waals surface area contributed by atoms with Crippen LogP contribution in [-0.4, -0.2) is 20.8 Å². The van der Waals surface area contributed by atoms with E-state index >= 15 is 0 Å². The molecule has 6 heteroatoms. The average Bonchev–Trinajstić information content (AvgIpc) is 3.06. The first-order chi connectivity index (χ1) is 12.1. The lowest BCUT2D eigenvalue weighted by molar-refractivity contribution is 0.237. The summed E-state index contributed by atoms with van der Waals surface area (Å²) >= 11 is 0. The van der Waals surface area contributed by atoms with E-state index in [0.717, 1.165) is 22.3 Å². The molecule has 0 aliphatic carbocycles. The molecule has 0 radical (unpaired) electrons. The molecule has 2 N–H and O–H groups in total. The molecule has 0 aliphatic heterocycles. The molecule has 2 aromatic heterocycles. The maximum absolute atomic E-state index is 12.0. The highest BCUT2D eigenvalue weighted by molar-refractivity contribution is 5.74. The van der Waals surface area contributed by atoms with Crippen molar-refractivity contribution in [2.24, 2.45) is 7.05 Å². The van der Waals surface area contributed by atoms with Gasteiger partial charge in [0.15, 0.2) is 0 Å². The van der Waals surface area contributed by atoms with Crippen LogP contribution in [0.2, 0.25) is 0 Å². The molecular weight excluding hydrogens is 314 g/mol. The lowest BCUT2D eigenvalue weighted by atomic mass is 10.0. The molecule has 0 saturated carbocycles. The largest absolute Gasteiger partial charge is 0.334 e. The molecule has 1 unspecified atom stereocenters. The molecule has 0 bridgehead atoms. The van der Waals surface area contributed by atoms with Crippen molar-refractivity contribution in [3.63, 3.8) is 0 Å². The van der Waals surface area contributed by atoms with Gasteiger partial charge in [0, 0.05) is 37.7 Å². The minimum absolute atomic E-state index is 0.0863. The van der Waals surface area contributed by atoms with Crippen LogP contribution in [-0.2, 0) is 13.6 Å². The van der Waals surface area contributed by atoms with E-state index in [1.807, 2.05) is 62.8 Å². The highest BCUT2D eigenvalue weighted by Crippen LogP contribution is 2.21. The predicted octanol–water partition coefficient (Wildman–Crippen LogP) is 3.04. The predicted molar refractivity (Wildman–Crippen MR) is 96.7 cm³/mol. The molecule has 3 aromatic rings. The third-order valence-electron chi connectivity index (χ3n) is 3.96. The van der Waals surface area contributed by atoms with Crippen molar-refractivity contribution in [1.82, 2.24) is 25.4 Å². The summed E-state index contributed by atoms with van der Waals surface area (Å²) < 4.78 is 1.71. The Morgan fingerprint density at radius 1 is 1.16 bits per heavy atom. The second-order valence-corrected chi connectivity index (χ2v) is 5.93. The first kappa shape index (κ1) is 16.7. The Hall–Kier alpha value is -3.15. The number of carbonyl (C=O) groups is 1. The van der Waals surface area contributed by atoms with Crippen LogP contribution in [0.3, 0.4) is 0 Å². The molecule has 2 heterocycles. The molecule has 1 aromatic carbocycles. The standard InChI is InChI=1S/C19H21N5O/c1-14(23-19(25)21-10-15-11-22-24(2)13-15)16-5-7-17(8-6-16)18-4-3-9-20-12-18/h3-9,11-14H,10H2,1-2H3,(H2,21,23,25). The van der Waals surface area contributed by atoms with Gasteiger partial charge in [-0.25, -0.2) is 4.79 Å². The number of nitrogens with zero attached hydrogens (tertiary/aromatic N) is 3. The second-order valence-electron chi connectivity index (χ2n) is 5.93. The fourth-order valence-corrected chi connectivity index (χ4v) is 2.57. The van der Waals surface area contributed by atoms with Gasteiger partial charge in [-0.15, -0.1) is 0 Å². The van der Waals surface area contributed by atoms with Gasteiger partial charge in [0.1, 0.15) is 0 Å². The van der Waals surface area contributed by atoms with E-state index in [4.69, 9.17) is 0 Å². The van der Waals surface area contributed by atoms with Gasteiger partial charge in [-0.05, 0) is 29.7 Å². The number of carbonyl (C=O) groups excluding carboxylic acids is 1. The first-order valence-electron chi connectivity index (χ1n) is 8.14. The minimum Gasteiger partial charge on any atom is -0.334 e. The lowest BCUT2D eigenvalue weighted by Gasteiger charge is -2.15. The monoisotopic (exact) mass is 335 g/mol. The number of pyridine rings is 1. The number of benzene rings is 1. The van der Waals surface area contributed by atoms with Crippen molar-refractivity contribution in [3.8, 4) is 11.1 Å². The topological polar surface area (TPSA) is 71.8 Å². The summed E-state index contributed by atoms with van der Waals surface area (Å²) in [4.78, 5) is 16.2. The zero-order valence-corrected chi connectivity index (χ0v) is 14.3. The minimum atomic E-state index is -0.201. The average molecular weight is 335 g/mol. The zero-order chi connectivity index (χ0) is 17.6. The molecule has 25 heavy (non-hydrogen) atoms. The molecule has 3 rings (SSSR count). The Labute approximate surface area is 146 Å². The van der Waals surface area contributed by atoms with Crippen LogP contribution in [0.15, 0.2) is 61.2 Å². The molecule has 0 spiro atoms. The zero-order valence-electron chi connectivity index (χ0n) is 14.3. The van der Waals surface area contributed by atoms with Crippen LogP contribution in [0.5, 0.6) is 0 Å². The Morgan fingerprint density at radius 3 is 2.60 bits per heavy atom. The van der Waals surface area contributed by atoms with Gasteiger partial charge in [0.25, 0.3) is 0 Å². The van der Waals surface area contributed by atoms with Crippen molar-refractivity contribution in [2.75, 3.05) is 0 Å². The molecule has 0 fully saturated rings. The van der Waals surface area contributed by atoms with Gasteiger partial charge in [-0.3, -0.25) is 9.67 Å². The fraction of sp³-hybridized carbons (Fsp3) is 0.211. The Balaban J connectivity index is 1.55. The van der Waals surface area contributed by atoms with Crippen LogP contribution in [0, 0.1) is 0 Å². The van der Waals surface area contributed by atoms with E-state index in [1.165, 1.54) is 0 Å². The van der Waals surface area contributed by atoms with Gasteiger partial charge in [-0.1, -0.05) is 30.3 Å². The van der Waals surface area contributed by atoms with Gasteiger partial charge in [0.05, 0.1) is 12.2 Å². The third-order valence-corrected chi connectivity index (χ3v) is 3.96. The van der Waals surface area contributed by atoms with Gasteiger partial charge < -0.3 is 10.6 Å². The Kier molecular flexibility index (Phi) is 5.09. The van der Waals surface area contributed by atoms with E-state index in [9.17, 15) is 4.79 Å². The highest BCUT2D eigenvalue weighted by Gasteiger charge is 2.10. The molecule has 6 nitrogen and oxygen atoms in total. The van der Waals surface area contributed by atoms with Crippen molar-refractivity contribution in [2.45, 2.75) is 19.5 Å². The fourth-order valence-electron chi connectivity index (χ4n) is 2.57. The smallest absolute Gasteiger partial charge is 0.315 e. The molecule has 128 valence electrons. The molecule has 1 atom stereocenters. The highest BCUT2D eigenvalue weighted by atomic mass is 16.2. The SMILES string of the molecule is CC(NC(=O)NCc1cnn(C)c1)c1ccc(-c2cccnc2)cc1. The van der Waals surface area contributed by atoms with Gasteiger partial charge in [-0.2, -0.15) is 5.10 Å². The van der Waals surface area contributed by atoms with Crippen molar-refractivity contribution >= 4 is 6.03 Å².